The zero-order valence-electron chi connectivity index (χ0n) is 23.3. The average molecular weight is 546 g/mol. The lowest BCUT2D eigenvalue weighted by Crippen LogP contribution is -2.19. The van der Waals surface area contributed by atoms with Gasteiger partial charge in [-0.15, -0.1) is 0 Å². The van der Waals surface area contributed by atoms with Crippen molar-refractivity contribution in [3.8, 4) is 56.4 Å². The van der Waals surface area contributed by atoms with Gasteiger partial charge < -0.3 is 0 Å². The largest absolute Gasteiger partial charge is 0.328 e. The van der Waals surface area contributed by atoms with Crippen LogP contribution in [0.25, 0.3) is 67.5 Å². The second kappa shape index (κ2) is 10.4. The third-order valence-corrected chi connectivity index (χ3v) is 7.65. The SMILES string of the molecule is Cn1c(=O)n(C)c2cc(-c3cccc(-c4nc(-c5ccccc5)nc(-c5ccccc5-c5ccccc5)n4)c3)ccc21. The van der Waals surface area contributed by atoms with E-state index in [0.29, 0.717) is 17.5 Å². The third kappa shape index (κ3) is 4.49. The highest BCUT2D eigenvalue weighted by molar-refractivity contribution is 5.84. The van der Waals surface area contributed by atoms with E-state index in [0.717, 1.165) is 50.0 Å². The van der Waals surface area contributed by atoms with Crippen molar-refractivity contribution < 1.29 is 0 Å². The van der Waals surface area contributed by atoms with Crippen LogP contribution in [0.3, 0.4) is 0 Å². The molecule has 0 atom stereocenters. The van der Waals surface area contributed by atoms with Gasteiger partial charge in [-0.1, -0.05) is 109 Å². The summed E-state index contributed by atoms with van der Waals surface area (Å²) in [7, 11) is 3.60. The van der Waals surface area contributed by atoms with Crippen LogP contribution in [-0.4, -0.2) is 24.1 Å². The lowest BCUT2D eigenvalue weighted by Gasteiger charge is -2.12. The Bertz CT molecular complexity index is 2130. The van der Waals surface area contributed by atoms with Crippen molar-refractivity contribution in [2.24, 2.45) is 14.1 Å². The minimum Gasteiger partial charge on any atom is -0.295 e. The van der Waals surface area contributed by atoms with Gasteiger partial charge in [-0.05, 0) is 40.5 Å². The molecule has 2 aromatic heterocycles. The van der Waals surface area contributed by atoms with Crippen molar-refractivity contribution in [2.75, 3.05) is 0 Å². The fraction of sp³-hybridized carbons (Fsp3) is 0.0556. The maximum absolute atomic E-state index is 12.5. The van der Waals surface area contributed by atoms with Gasteiger partial charge in [-0.2, -0.15) is 0 Å². The Balaban J connectivity index is 1.39. The molecule has 2 heterocycles. The molecule has 42 heavy (non-hydrogen) atoms. The second-order valence-corrected chi connectivity index (χ2v) is 10.3. The van der Waals surface area contributed by atoms with Crippen LogP contribution in [-0.2, 0) is 14.1 Å². The molecule has 6 heteroatoms. The van der Waals surface area contributed by atoms with Gasteiger partial charge in [-0.25, -0.2) is 19.7 Å². The summed E-state index contributed by atoms with van der Waals surface area (Å²) in [4.78, 5) is 27.4. The highest BCUT2D eigenvalue weighted by Gasteiger charge is 2.16. The van der Waals surface area contributed by atoms with Crippen LogP contribution in [0.2, 0.25) is 0 Å². The van der Waals surface area contributed by atoms with Crippen molar-refractivity contribution in [3.63, 3.8) is 0 Å². The van der Waals surface area contributed by atoms with E-state index < -0.39 is 0 Å². The van der Waals surface area contributed by atoms with E-state index in [1.165, 1.54) is 0 Å². The second-order valence-electron chi connectivity index (χ2n) is 10.3. The van der Waals surface area contributed by atoms with Gasteiger partial charge in [0, 0.05) is 30.8 Å². The lowest BCUT2D eigenvalue weighted by atomic mass is 9.99. The minimum absolute atomic E-state index is 0.0437. The summed E-state index contributed by atoms with van der Waals surface area (Å²) >= 11 is 0. The molecule has 0 spiro atoms. The van der Waals surface area contributed by atoms with Gasteiger partial charge in [0.15, 0.2) is 17.5 Å². The standard InChI is InChI=1S/C36H27N5O/c1-40-31-21-20-27(23-32(31)41(2)36(40)42)26-16-11-17-28(22-26)34-37-33(25-14-7-4-8-15-25)38-35(39-34)30-19-10-9-18-29(30)24-12-5-3-6-13-24/h3-23H,1-2H3. The highest BCUT2D eigenvalue weighted by atomic mass is 16.1. The summed E-state index contributed by atoms with van der Waals surface area (Å²) in [6.07, 6.45) is 0. The fourth-order valence-electron chi connectivity index (χ4n) is 5.41. The molecule has 0 bridgehead atoms. The van der Waals surface area contributed by atoms with Crippen molar-refractivity contribution in [3.05, 3.63) is 138 Å². The molecule has 7 rings (SSSR count). The smallest absolute Gasteiger partial charge is 0.295 e. The summed E-state index contributed by atoms with van der Waals surface area (Å²) in [6.45, 7) is 0. The zero-order chi connectivity index (χ0) is 28.6. The molecule has 0 aliphatic carbocycles. The number of aryl methyl sites for hydroxylation is 2. The van der Waals surface area contributed by atoms with Gasteiger partial charge in [0.05, 0.1) is 11.0 Å². The summed E-state index contributed by atoms with van der Waals surface area (Å²) in [5.74, 6) is 1.82. The van der Waals surface area contributed by atoms with Crippen molar-refractivity contribution in [1.82, 2.24) is 24.1 Å². The topological polar surface area (TPSA) is 65.6 Å². The first kappa shape index (κ1) is 25.4. The molecule has 0 N–H and O–H groups in total. The molecule has 0 aliphatic rings. The van der Waals surface area contributed by atoms with Crippen molar-refractivity contribution >= 4 is 11.0 Å². The molecule has 0 saturated carbocycles. The molecule has 5 aromatic carbocycles. The Morgan fingerprint density at radius 2 is 0.952 bits per heavy atom. The molecule has 6 nitrogen and oxygen atoms in total. The normalized spacial score (nSPS) is 11.2. The maximum Gasteiger partial charge on any atom is 0.328 e. The van der Waals surface area contributed by atoms with Crippen LogP contribution in [0.4, 0.5) is 0 Å². The Hall–Kier alpha value is -5.62. The predicted octanol–water partition coefficient (Wildman–Crippen LogP) is 7.40. The fourth-order valence-corrected chi connectivity index (χ4v) is 5.41. The van der Waals surface area contributed by atoms with Crippen LogP contribution < -0.4 is 5.69 Å². The van der Waals surface area contributed by atoms with Crippen molar-refractivity contribution in [2.45, 2.75) is 0 Å². The third-order valence-electron chi connectivity index (χ3n) is 7.65. The first-order valence-electron chi connectivity index (χ1n) is 13.8. The van der Waals surface area contributed by atoms with E-state index in [-0.39, 0.29) is 5.69 Å². The van der Waals surface area contributed by atoms with Crippen LogP contribution in [0.1, 0.15) is 0 Å². The molecule has 0 radical (unpaired) electrons. The molecule has 0 saturated heterocycles. The molecule has 7 aromatic rings. The summed E-state index contributed by atoms with van der Waals surface area (Å²) in [5, 5.41) is 0. The summed E-state index contributed by atoms with van der Waals surface area (Å²) < 4.78 is 3.34. The number of imidazole rings is 1. The van der Waals surface area contributed by atoms with Gasteiger partial charge in [0.1, 0.15) is 0 Å². The number of aromatic nitrogens is 5. The van der Waals surface area contributed by atoms with E-state index in [1.54, 1.807) is 23.2 Å². The summed E-state index contributed by atoms with van der Waals surface area (Å²) in [5.41, 5.74) is 8.67. The van der Waals surface area contributed by atoms with Crippen LogP contribution in [0, 0.1) is 0 Å². The first-order chi connectivity index (χ1) is 20.6. The molecule has 0 unspecified atom stereocenters. The quantitative estimate of drug-likeness (QED) is 0.226. The maximum atomic E-state index is 12.5. The zero-order valence-corrected chi connectivity index (χ0v) is 23.3. The van der Waals surface area contributed by atoms with Gasteiger partial charge in [0.2, 0.25) is 0 Å². The van der Waals surface area contributed by atoms with Crippen LogP contribution >= 0.6 is 0 Å². The molecular formula is C36H27N5O. The highest BCUT2D eigenvalue weighted by Crippen LogP contribution is 2.33. The Morgan fingerprint density at radius 1 is 0.429 bits per heavy atom. The van der Waals surface area contributed by atoms with E-state index in [2.05, 4.69) is 42.5 Å². The predicted molar refractivity (Wildman–Crippen MR) is 169 cm³/mol. The monoisotopic (exact) mass is 545 g/mol. The van der Waals surface area contributed by atoms with Gasteiger partial charge in [0.25, 0.3) is 0 Å². The van der Waals surface area contributed by atoms with Crippen molar-refractivity contribution in [1.29, 1.82) is 0 Å². The number of hydrogen-bond donors (Lipinski definition) is 0. The van der Waals surface area contributed by atoms with Crippen LogP contribution in [0.5, 0.6) is 0 Å². The number of benzene rings is 5. The van der Waals surface area contributed by atoms with Crippen LogP contribution in [0.15, 0.2) is 132 Å². The van der Waals surface area contributed by atoms with E-state index in [1.807, 2.05) is 84.9 Å². The summed E-state index contributed by atoms with van der Waals surface area (Å²) in [6, 6.07) is 42.8. The van der Waals surface area contributed by atoms with Gasteiger partial charge in [-0.3, -0.25) is 9.13 Å². The average Bonchev–Trinajstić information content (AvgIpc) is 3.28. The molecule has 0 amide bonds. The van der Waals surface area contributed by atoms with E-state index in [9.17, 15) is 4.79 Å². The number of hydrogen-bond acceptors (Lipinski definition) is 4. The number of fused-ring (bicyclic) bond motifs is 1. The molecule has 202 valence electrons. The molecular weight excluding hydrogens is 518 g/mol. The lowest BCUT2D eigenvalue weighted by molar-refractivity contribution is 0.795. The van der Waals surface area contributed by atoms with E-state index in [4.69, 9.17) is 15.0 Å². The van der Waals surface area contributed by atoms with E-state index >= 15 is 0 Å². The first-order valence-corrected chi connectivity index (χ1v) is 13.8. The number of nitrogens with zero attached hydrogens (tertiary/aromatic N) is 5. The Morgan fingerprint density at radius 3 is 1.69 bits per heavy atom. The molecule has 0 fully saturated rings. The minimum atomic E-state index is -0.0437. The Labute approximate surface area is 243 Å². The number of rotatable bonds is 5. The van der Waals surface area contributed by atoms with Gasteiger partial charge >= 0.3 is 5.69 Å². The molecule has 0 aliphatic heterocycles. The Kier molecular flexibility index (Phi) is 6.28.